The monoisotopic (exact) mass is 933 g/mol. The zero-order valence-electron chi connectivity index (χ0n) is 39.8. The van der Waals surface area contributed by atoms with Gasteiger partial charge in [-0.2, -0.15) is 0 Å². The summed E-state index contributed by atoms with van der Waals surface area (Å²) in [6.07, 6.45) is 1.79. The minimum absolute atomic E-state index is 0.0249. The number of amides is 5. The van der Waals surface area contributed by atoms with Crippen LogP contribution in [0.15, 0.2) is 0 Å². The van der Waals surface area contributed by atoms with Crippen LogP contribution in [-0.4, -0.2) is 129 Å². The van der Waals surface area contributed by atoms with Gasteiger partial charge in [-0.25, -0.2) is 0 Å². The van der Waals surface area contributed by atoms with E-state index in [-0.39, 0.29) is 94.7 Å². The third-order valence-electron chi connectivity index (χ3n) is 12.4. The standard InChI is InChI=1S/C47H76N6O13/c1-7-8-9-11-30(47(65)66)22-41(59)37-12-10-19-53(37)44(62)18-15-38(56)29(6)51-45(63)31(20-27(2)3)21-32(54)26-50-46(64)34(28(4)5)24-40(58)35(13-16-42(48)60)52-43(61)17-14-39(57)36-23-33(55)25-49-36/h27-31,33-37,49,55H,7-26H2,1-6H3,(H2,48,60)(H,50,64)(H,51,63)(H,52,61)(H,65,66)/t29-,30+,31+,33+,34-,35-,36-,37-/m0/s1. The summed E-state index contributed by atoms with van der Waals surface area (Å²) < 4.78 is 0. The zero-order chi connectivity index (χ0) is 49.7. The van der Waals surface area contributed by atoms with E-state index in [0.29, 0.717) is 32.2 Å². The Balaban J connectivity index is 1.95. The second kappa shape index (κ2) is 29.0. The first-order valence-corrected chi connectivity index (χ1v) is 23.8. The largest absolute Gasteiger partial charge is 0.481 e. The van der Waals surface area contributed by atoms with Gasteiger partial charge in [0.25, 0.3) is 0 Å². The molecule has 2 aliphatic heterocycles. The highest BCUT2D eigenvalue weighted by atomic mass is 16.4. The quantitative estimate of drug-likeness (QED) is 0.0463. The van der Waals surface area contributed by atoms with Crippen molar-refractivity contribution in [2.45, 2.75) is 181 Å². The lowest BCUT2D eigenvalue weighted by Gasteiger charge is -2.25. The summed E-state index contributed by atoms with van der Waals surface area (Å²) in [5.74, 6) is -8.97. The van der Waals surface area contributed by atoms with Crippen LogP contribution in [0, 0.1) is 29.6 Å². The first kappa shape index (κ1) is 57.2. The molecule has 372 valence electrons. The molecule has 2 aliphatic rings. The van der Waals surface area contributed by atoms with Gasteiger partial charge in [0.15, 0.2) is 23.1 Å². The number of carbonyl (C=O) groups is 11. The van der Waals surface area contributed by atoms with Gasteiger partial charge in [-0.05, 0) is 57.3 Å². The third-order valence-corrected chi connectivity index (χ3v) is 12.4. The molecule has 8 N–H and O–H groups in total. The third kappa shape index (κ3) is 20.3. The number of nitrogens with two attached hydrogens (primary N) is 1. The fourth-order valence-corrected chi connectivity index (χ4v) is 8.48. The second-order valence-electron chi connectivity index (χ2n) is 18.9. The van der Waals surface area contributed by atoms with Crippen molar-refractivity contribution in [1.82, 2.24) is 26.2 Å². The van der Waals surface area contributed by atoms with Crippen molar-refractivity contribution in [3.05, 3.63) is 0 Å². The van der Waals surface area contributed by atoms with Gasteiger partial charge in [-0.1, -0.05) is 53.9 Å². The molecule has 0 aromatic heterocycles. The number of aliphatic hydroxyl groups excluding tert-OH is 1. The van der Waals surface area contributed by atoms with Crippen molar-refractivity contribution in [3.63, 3.8) is 0 Å². The lowest BCUT2D eigenvalue weighted by Crippen LogP contribution is -2.45. The number of nitrogens with one attached hydrogen (secondary N) is 4. The SMILES string of the molecule is CCCCC[C@H](CC(=O)[C@@H]1CCCN1C(=O)CCC(=O)[C@H](C)NC(=O)[C@@H](CC(=O)CNC(=O)[C@@H](CC(=O)[C@H](CCC(N)=O)NC(=O)CCC(=O)[C@@H]1C[C@@H](O)CN1)C(C)C)CC(C)C)C(=O)O. The number of aliphatic carboxylic acids is 1. The van der Waals surface area contributed by atoms with Crippen LogP contribution in [-0.2, 0) is 52.7 Å². The van der Waals surface area contributed by atoms with E-state index in [4.69, 9.17) is 5.73 Å². The molecule has 19 nitrogen and oxygen atoms in total. The molecule has 0 aromatic carbocycles. The number of carboxylic acid groups (broad SMARTS) is 1. The van der Waals surface area contributed by atoms with Gasteiger partial charge in [-0.15, -0.1) is 0 Å². The van der Waals surface area contributed by atoms with Gasteiger partial charge in [0.05, 0.1) is 42.7 Å². The van der Waals surface area contributed by atoms with Crippen molar-refractivity contribution in [2.24, 2.45) is 35.3 Å². The molecule has 2 fully saturated rings. The minimum Gasteiger partial charge on any atom is -0.481 e. The normalized spacial score (nSPS) is 19.3. The van der Waals surface area contributed by atoms with E-state index in [9.17, 15) is 63.0 Å². The molecule has 2 rings (SSSR count). The van der Waals surface area contributed by atoms with Crippen LogP contribution in [0.5, 0.6) is 0 Å². The number of hydrogen-bond donors (Lipinski definition) is 7. The molecule has 8 atom stereocenters. The second-order valence-corrected chi connectivity index (χ2v) is 18.9. The maximum atomic E-state index is 13.5. The molecule has 0 bridgehead atoms. The van der Waals surface area contributed by atoms with Gasteiger partial charge in [-0.3, -0.25) is 52.7 Å². The molecule has 2 saturated heterocycles. The molecule has 0 aromatic rings. The molecule has 19 heteroatoms. The lowest BCUT2D eigenvalue weighted by molar-refractivity contribution is -0.145. The Kier molecular flexibility index (Phi) is 25.1. The van der Waals surface area contributed by atoms with Gasteiger partial charge < -0.3 is 42.1 Å². The van der Waals surface area contributed by atoms with Crippen LogP contribution in [0.1, 0.15) is 151 Å². The molecule has 0 spiro atoms. The highest BCUT2D eigenvalue weighted by molar-refractivity contribution is 5.97. The fourth-order valence-electron chi connectivity index (χ4n) is 8.48. The molecular weight excluding hydrogens is 857 g/mol. The molecule has 66 heavy (non-hydrogen) atoms. The Hall–Kier alpha value is -4.91. The zero-order valence-corrected chi connectivity index (χ0v) is 39.8. The number of likely N-dealkylation sites (tertiary alicyclic amines) is 1. The Bertz CT molecular complexity index is 1730. The summed E-state index contributed by atoms with van der Waals surface area (Å²) in [7, 11) is 0. The number of carboxylic acids is 1. The lowest BCUT2D eigenvalue weighted by atomic mass is 9.87. The van der Waals surface area contributed by atoms with Crippen LogP contribution < -0.4 is 27.0 Å². The number of β-amino-alcohol motifs (C(OH)–C–C–N with tert-alkyl or cyclic N) is 1. The van der Waals surface area contributed by atoms with Crippen molar-refractivity contribution in [1.29, 1.82) is 0 Å². The first-order chi connectivity index (χ1) is 31.0. The van der Waals surface area contributed by atoms with Gasteiger partial charge >= 0.3 is 5.97 Å². The van der Waals surface area contributed by atoms with Crippen LogP contribution in [0.3, 0.4) is 0 Å². The topological polar surface area (TPSA) is 306 Å². The number of Topliss-reactive ketones (excluding diaryl/α,β-unsaturated/α-hetero) is 5. The smallest absolute Gasteiger partial charge is 0.306 e. The molecule has 0 unspecified atom stereocenters. The Morgan fingerprint density at radius 3 is 2.06 bits per heavy atom. The van der Waals surface area contributed by atoms with E-state index < -0.39 is 113 Å². The average molecular weight is 933 g/mol. The van der Waals surface area contributed by atoms with Crippen LogP contribution in [0.2, 0.25) is 0 Å². The van der Waals surface area contributed by atoms with Crippen molar-refractivity contribution in [3.8, 4) is 0 Å². The number of nitrogens with zero attached hydrogens (tertiary/aromatic N) is 1. The van der Waals surface area contributed by atoms with Crippen molar-refractivity contribution >= 4 is 64.4 Å². The van der Waals surface area contributed by atoms with Gasteiger partial charge in [0.2, 0.25) is 29.5 Å². The van der Waals surface area contributed by atoms with Crippen molar-refractivity contribution < 1.29 is 63.0 Å². The maximum absolute atomic E-state index is 13.5. The number of aliphatic hydroxyl groups is 1. The van der Waals surface area contributed by atoms with Crippen LogP contribution >= 0.6 is 0 Å². The summed E-state index contributed by atoms with van der Waals surface area (Å²) in [5, 5.41) is 30.0. The minimum atomic E-state index is -1.18. The summed E-state index contributed by atoms with van der Waals surface area (Å²) in [4.78, 5) is 143. The maximum Gasteiger partial charge on any atom is 0.306 e. The molecule has 0 saturated carbocycles. The van der Waals surface area contributed by atoms with Gasteiger partial charge in [0, 0.05) is 76.3 Å². The van der Waals surface area contributed by atoms with E-state index >= 15 is 0 Å². The van der Waals surface area contributed by atoms with Gasteiger partial charge in [0.1, 0.15) is 5.78 Å². The highest BCUT2D eigenvalue weighted by Gasteiger charge is 2.37. The first-order valence-electron chi connectivity index (χ1n) is 23.8. The number of rotatable bonds is 33. The van der Waals surface area contributed by atoms with E-state index in [1.165, 1.54) is 11.8 Å². The molecule has 2 heterocycles. The Labute approximate surface area is 388 Å². The summed E-state index contributed by atoms with van der Waals surface area (Å²) in [5.41, 5.74) is 5.31. The predicted molar refractivity (Wildman–Crippen MR) is 242 cm³/mol. The number of primary amides is 1. The molecule has 0 aliphatic carbocycles. The molecule has 0 radical (unpaired) electrons. The summed E-state index contributed by atoms with van der Waals surface area (Å²) in [6, 6.07) is -3.49. The van der Waals surface area contributed by atoms with E-state index in [0.717, 1.165) is 12.8 Å². The van der Waals surface area contributed by atoms with E-state index in [2.05, 4.69) is 21.3 Å². The highest BCUT2D eigenvalue weighted by Crippen LogP contribution is 2.25. The summed E-state index contributed by atoms with van der Waals surface area (Å²) >= 11 is 0. The molecule has 5 amide bonds. The van der Waals surface area contributed by atoms with E-state index in [1.54, 1.807) is 13.8 Å². The van der Waals surface area contributed by atoms with Crippen LogP contribution in [0.4, 0.5) is 0 Å². The van der Waals surface area contributed by atoms with E-state index in [1.807, 2.05) is 20.8 Å². The predicted octanol–water partition coefficient (Wildman–Crippen LogP) is 1.86. The molecular formula is C47H76N6O13. The van der Waals surface area contributed by atoms with Crippen molar-refractivity contribution in [2.75, 3.05) is 19.6 Å². The number of ketones is 5. The number of carbonyl (C=O) groups excluding carboxylic acids is 10. The Morgan fingerprint density at radius 1 is 0.773 bits per heavy atom. The summed E-state index contributed by atoms with van der Waals surface area (Å²) in [6.45, 7) is 10.8. The number of hydrogen-bond acceptors (Lipinski definition) is 13. The average Bonchev–Trinajstić information content (AvgIpc) is 3.93. The van der Waals surface area contributed by atoms with Crippen LogP contribution in [0.25, 0.3) is 0 Å². The number of unbranched alkanes of at least 4 members (excludes halogenated alkanes) is 2. The Morgan fingerprint density at radius 2 is 1.47 bits per heavy atom. The fraction of sp³-hybridized carbons (Fsp3) is 0.766.